The van der Waals surface area contributed by atoms with Crippen molar-refractivity contribution in [1.82, 2.24) is 0 Å². The molecule has 38 valence electrons. The molecular formula is H6CaKO4P. The molecule has 0 aliphatic rings. The minimum absolute atomic E-state index is 0. The van der Waals surface area contributed by atoms with Gasteiger partial charge < -0.3 is 19.0 Å². The third-order valence-corrected chi connectivity index (χ3v) is 0. The van der Waals surface area contributed by atoms with Crippen LogP contribution in [0, 0.1) is 0 Å². The Bertz CT molecular complexity index is 66.6. The van der Waals surface area contributed by atoms with Gasteiger partial charge in [0.15, 0.2) is 0 Å². The van der Waals surface area contributed by atoms with Gasteiger partial charge in [-0.1, -0.05) is 0 Å². The fourth-order valence-corrected chi connectivity index (χ4v) is 0. The molecule has 3 N–H and O–H groups in total. The second-order valence-corrected chi connectivity index (χ2v) is 1.54. The van der Waals surface area contributed by atoms with Crippen molar-refractivity contribution < 1.29 is 74.9 Å². The molecule has 0 radical (unpaired) electrons. The average Bonchev–Trinajstić information content (AvgIpc) is 0.722. The predicted octanol–water partition coefficient (Wildman–Crippen LogP) is -3.97. The molecular weight excluding hydrogens is 174 g/mol. The van der Waals surface area contributed by atoms with Crippen LogP contribution in [0.5, 0.6) is 0 Å². The van der Waals surface area contributed by atoms with E-state index in [1.165, 1.54) is 0 Å². The Morgan fingerprint density at radius 3 is 1.29 bits per heavy atom. The Morgan fingerprint density at radius 1 is 1.29 bits per heavy atom. The second-order valence-electron chi connectivity index (χ2n) is 0.513. The van der Waals surface area contributed by atoms with Crippen molar-refractivity contribution in [2.75, 3.05) is 0 Å². The fourth-order valence-electron chi connectivity index (χ4n) is 0. The fraction of sp³-hybridized carbons (Fsp3) is 0. The molecule has 7 heteroatoms. The van der Waals surface area contributed by atoms with Gasteiger partial charge in [0.25, 0.3) is 0 Å². The molecule has 7 heavy (non-hydrogen) atoms. The van der Waals surface area contributed by atoms with E-state index >= 15 is 0 Å². The normalized spacial score (nSPS) is 8.43. The number of hydrogen-bond acceptors (Lipinski definition) is 1. The Labute approximate surface area is 118 Å². The van der Waals surface area contributed by atoms with Crippen molar-refractivity contribution >= 4 is 45.6 Å². The molecule has 0 aliphatic carbocycles. The average molecular weight is 180 g/mol. The molecule has 0 bridgehead atoms. The molecule has 0 heterocycles. The standard InChI is InChI=1S/Ca.K.H3O4P.3H/c;;1-5(2,3)4;;;/h;;(H3,1,2,3,4);;;/q+2;+1;;3*-1. The van der Waals surface area contributed by atoms with E-state index in [9.17, 15) is 0 Å². The summed E-state index contributed by atoms with van der Waals surface area (Å²) in [5.41, 5.74) is 0. The maximum absolute atomic E-state index is 8.88. The molecule has 0 saturated carbocycles. The molecule has 0 aromatic carbocycles. The van der Waals surface area contributed by atoms with Crippen LogP contribution in [-0.4, -0.2) is 52.4 Å². The van der Waals surface area contributed by atoms with Gasteiger partial charge in [-0.15, -0.1) is 0 Å². The van der Waals surface area contributed by atoms with E-state index < -0.39 is 7.82 Å². The Morgan fingerprint density at radius 2 is 1.29 bits per heavy atom. The van der Waals surface area contributed by atoms with Gasteiger partial charge in [0.05, 0.1) is 0 Å². The molecule has 0 fully saturated rings. The van der Waals surface area contributed by atoms with Crippen LogP contribution in [-0.2, 0) is 4.57 Å². The maximum atomic E-state index is 8.88. The van der Waals surface area contributed by atoms with Crippen LogP contribution in [0.15, 0.2) is 0 Å². The SMILES string of the molecule is O=P(O)(O)O.[Ca+2].[H-].[H-].[H-].[K+]. The van der Waals surface area contributed by atoms with Gasteiger partial charge in [0, 0.05) is 0 Å². The van der Waals surface area contributed by atoms with Crippen LogP contribution < -0.4 is 51.4 Å². The summed E-state index contributed by atoms with van der Waals surface area (Å²) in [6.45, 7) is 0. The van der Waals surface area contributed by atoms with E-state index in [0.29, 0.717) is 0 Å². The van der Waals surface area contributed by atoms with Crippen molar-refractivity contribution in [3.8, 4) is 0 Å². The van der Waals surface area contributed by atoms with Gasteiger partial charge in [-0.25, -0.2) is 4.57 Å². The molecule has 0 aromatic heterocycles. The molecule has 0 amide bonds. The van der Waals surface area contributed by atoms with Crippen LogP contribution in [0.4, 0.5) is 0 Å². The van der Waals surface area contributed by atoms with Crippen LogP contribution in [0.1, 0.15) is 4.28 Å². The summed E-state index contributed by atoms with van der Waals surface area (Å²) in [7, 11) is -4.64. The second kappa shape index (κ2) is 7.12. The summed E-state index contributed by atoms with van der Waals surface area (Å²) in [6.07, 6.45) is 0. The molecule has 0 aromatic rings. The van der Waals surface area contributed by atoms with Crippen LogP contribution in [0.2, 0.25) is 0 Å². The molecule has 0 spiro atoms. The molecule has 0 unspecified atom stereocenters. The summed E-state index contributed by atoms with van der Waals surface area (Å²) in [5.74, 6) is 0. The van der Waals surface area contributed by atoms with Crippen molar-refractivity contribution in [3.63, 3.8) is 0 Å². The number of rotatable bonds is 0. The Balaban J connectivity index is -0.00000000800. The summed E-state index contributed by atoms with van der Waals surface area (Å²) >= 11 is 0. The van der Waals surface area contributed by atoms with Gasteiger partial charge in [0.1, 0.15) is 0 Å². The van der Waals surface area contributed by atoms with E-state index in [2.05, 4.69) is 0 Å². The topological polar surface area (TPSA) is 77.8 Å². The van der Waals surface area contributed by atoms with Gasteiger partial charge in [0.2, 0.25) is 0 Å². The van der Waals surface area contributed by atoms with E-state index in [-0.39, 0.29) is 93.4 Å². The molecule has 0 saturated heterocycles. The maximum Gasteiger partial charge on any atom is 2.00 e. The third-order valence-electron chi connectivity index (χ3n) is 0. The molecule has 0 rings (SSSR count). The zero-order valence-electron chi connectivity index (χ0n) is 6.90. The predicted molar refractivity (Wildman–Crippen MR) is 23.4 cm³/mol. The zero-order chi connectivity index (χ0) is 4.50. The van der Waals surface area contributed by atoms with E-state index in [0.717, 1.165) is 0 Å². The summed E-state index contributed by atoms with van der Waals surface area (Å²) in [4.78, 5) is 21.6. The number of phosphoric acid groups is 1. The number of hydrogen-bond donors (Lipinski definition) is 3. The van der Waals surface area contributed by atoms with E-state index in [1.807, 2.05) is 0 Å². The monoisotopic (exact) mass is 180 g/mol. The van der Waals surface area contributed by atoms with Gasteiger partial charge in [-0.2, -0.15) is 0 Å². The van der Waals surface area contributed by atoms with E-state index in [1.54, 1.807) is 0 Å². The minimum atomic E-state index is -4.64. The van der Waals surface area contributed by atoms with Crippen LogP contribution in [0.25, 0.3) is 0 Å². The largest absolute Gasteiger partial charge is 2.00 e. The van der Waals surface area contributed by atoms with Crippen molar-refractivity contribution in [3.05, 3.63) is 0 Å². The van der Waals surface area contributed by atoms with E-state index in [4.69, 9.17) is 19.2 Å². The van der Waals surface area contributed by atoms with Gasteiger partial charge in [-0.3, -0.25) is 0 Å². The summed E-state index contributed by atoms with van der Waals surface area (Å²) in [5, 5.41) is 0. The van der Waals surface area contributed by atoms with Gasteiger partial charge in [-0.05, 0) is 0 Å². The minimum Gasteiger partial charge on any atom is -1.00 e. The first-order chi connectivity index (χ1) is 2.00. The summed E-state index contributed by atoms with van der Waals surface area (Å²) < 4.78 is 8.88. The zero-order valence-corrected chi connectivity index (χ0v) is 10.1. The molecule has 4 nitrogen and oxygen atoms in total. The first-order valence-corrected chi connectivity index (χ1v) is 2.35. The van der Waals surface area contributed by atoms with Crippen molar-refractivity contribution in [2.45, 2.75) is 0 Å². The van der Waals surface area contributed by atoms with Crippen LogP contribution in [0.3, 0.4) is 0 Å². The van der Waals surface area contributed by atoms with Crippen molar-refractivity contribution in [2.24, 2.45) is 0 Å². The quantitative estimate of drug-likeness (QED) is 0.262. The Kier molecular flexibility index (Phi) is 16.8. The van der Waals surface area contributed by atoms with Crippen molar-refractivity contribution in [1.29, 1.82) is 0 Å². The summed E-state index contributed by atoms with van der Waals surface area (Å²) in [6, 6.07) is 0. The molecule has 0 atom stereocenters. The first-order valence-electron chi connectivity index (χ1n) is 0.783. The van der Waals surface area contributed by atoms with Gasteiger partial charge >= 0.3 is 96.9 Å². The molecule has 0 aliphatic heterocycles. The van der Waals surface area contributed by atoms with Crippen LogP contribution >= 0.6 is 7.82 Å². The smallest absolute Gasteiger partial charge is 1.00 e. The Hall–Kier alpha value is 3.01. The third kappa shape index (κ3) is 48.9. The first kappa shape index (κ1) is 16.5.